The minimum Gasteiger partial charge on any atom is -0.462 e. The second-order valence-corrected chi connectivity index (χ2v) is 5.85. The summed E-state index contributed by atoms with van der Waals surface area (Å²) in [7, 11) is 0. The predicted molar refractivity (Wildman–Crippen MR) is 94.3 cm³/mol. The number of nitrogens with zero attached hydrogens (tertiary/aromatic N) is 1. The Morgan fingerprint density at radius 2 is 1.92 bits per heavy atom. The van der Waals surface area contributed by atoms with Gasteiger partial charge in [0.2, 0.25) is 0 Å². The van der Waals surface area contributed by atoms with E-state index in [4.69, 9.17) is 9.47 Å². The Labute approximate surface area is 143 Å². The van der Waals surface area contributed by atoms with Crippen LogP contribution in [0, 0.1) is 0 Å². The summed E-state index contributed by atoms with van der Waals surface area (Å²) in [5.41, 5.74) is 0.827. The minimum absolute atomic E-state index is 0.346. The highest BCUT2D eigenvalue weighted by atomic mass is 32.1. The highest BCUT2D eigenvalue weighted by Crippen LogP contribution is 2.27. The topological polar surface area (TPSA) is 60.5 Å². The fourth-order valence-corrected chi connectivity index (χ4v) is 2.74. The van der Waals surface area contributed by atoms with Crippen molar-refractivity contribution in [3.05, 3.63) is 65.7 Å². The van der Waals surface area contributed by atoms with Gasteiger partial charge in [-0.15, -0.1) is 0 Å². The van der Waals surface area contributed by atoms with Gasteiger partial charge < -0.3 is 14.8 Å². The van der Waals surface area contributed by atoms with Crippen molar-refractivity contribution in [2.45, 2.75) is 6.92 Å². The number of nitrogens with one attached hydrogen (secondary N) is 1. The number of carbonyl (C=O) groups excluding carboxylic acids is 1. The monoisotopic (exact) mass is 340 g/mol. The van der Waals surface area contributed by atoms with Gasteiger partial charge in [0.25, 0.3) is 0 Å². The fraction of sp³-hybridized carbons (Fsp3) is 0.111. The van der Waals surface area contributed by atoms with Gasteiger partial charge in [-0.25, -0.2) is 9.78 Å². The maximum Gasteiger partial charge on any atom is 0.350 e. The molecule has 0 aliphatic rings. The van der Waals surface area contributed by atoms with E-state index in [1.54, 1.807) is 6.92 Å². The largest absolute Gasteiger partial charge is 0.462 e. The summed E-state index contributed by atoms with van der Waals surface area (Å²) < 4.78 is 10.8. The third kappa shape index (κ3) is 4.11. The van der Waals surface area contributed by atoms with E-state index in [1.807, 2.05) is 54.6 Å². The fourth-order valence-electron chi connectivity index (χ4n) is 2.01. The zero-order valence-corrected chi connectivity index (χ0v) is 13.9. The maximum absolute atomic E-state index is 11.7. The van der Waals surface area contributed by atoms with Crippen LogP contribution in [0.15, 0.2) is 60.8 Å². The quantitative estimate of drug-likeness (QED) is 0.650. The first-order chi connectivity index (χ1) is 11.7. The third-order valence-electron chi connectivity index (χ3n) is 3.05. The van der Waals surface area contributed by atoms with Crippen LogP contribution >= 0.6 is 11.3 Å². The van der Waals surface area contributed by atoms with Gasteiger partial charge in [0.1, 0.15) is 16.4 Å². The normalized spacial score (nSPS) is 10.2. The van der Waals surface area contributed by atoms with E-state index in [0.717, 1.165) is 11.4 Å². The summed E-state index contributed by atoms with van der Waals surface area (Å²) in [6.07, 6.45) is 1.51. The predicted octanol–water partition coefficient (Wildman–Crippen LogP) is 4.86. The SMILES string of the molecule is CCOC(=O)c1cnc(Nc2cccc(Oc3ccccc3)c2)s1. The van der Waals surface area contributed by atoms with Crippen molar-refractivity contribution in [2.24, 2.45) is 0 Å². The first-order valence-electron chi connectivity index (χ1n) is 7.47. The number of rotatable bonds is 6. The standard InChI is InChI=1S/C18H16N2O3S/c1-2-22-17(21)16-12-19-18(24-16)20-13-7-6-10-15(11-13)23-14-8-4-3-5-9-14/h3-12H,2H2,1H3,(H,19,20). The van der Waals surface area contributed by atoms with Gasteiger partial charge in [0, 0.05) is 11.8 Å². The van der Waals surface area contributed by atoms with E-state index in [-0.39, 0.29) is 5.97 Å². The molecule has 0 aliphatic heterocycles. The zero-order chi connectivity index (χ0) is 16.8. The summed E-state index contributed by atoms with van der Waals surface area (Å²) >= 11 is 1.25. The van der Waals surface area contributed by atoms with E-state index >= 15 is 0 Å². The van der Waals surface area contributed by atoms with Gasteiger partial charge in [-0.05, 0) is 31.2 Å². The third-order valence-corrected chi connectivity index (χ3v) is 3.94. The van der Waals surface area contributed by atoms with Crippen molar-refractivity contribution in [1.82, 2.24) is 4.98 Å². The lowest BCUT2D eigenvalue weighted by molar-refractivity contribution is 0.0532. The number of para-hydroxylation sites is 1. The molecule has 122 valence electrons. The lowest BCUT2D eigenvalue weighted by Crippen LogP contribution is -2.01. The average molecular weight is 340 g/mol. The summed E-state index contributed by atoms with van der Waals surface area (Å²) in [6, 6.07) is 17.1. The van der Waals surface area contributed by atoms with Crippen molar-refractivity contribution >= 4 is 28.1 Å². The lowest BCUT2D eigenvalue weighted by Gasteiger charge is -2.08. The summed E-state index contributed by atoms with van der Waals surface area (Å²) in [4.78, 5) is 16.3. The minimum atomic E-state index is -0.357. The Bertz CT molecular complexity index is 818. The number of hydrogen-bond acceptors (Lipinski definition) is 6. The molecule has 0 unspecified atom stereocenters. The van der Waals surface area contributed by atoms with Gasteiger partial charge in [0.05, 0.1) is 12.8 Å². The van der Waals surface area contributed by atoms with Gasteiger partial charge in [0.15, 0.2) is 5.13 Å². The Balaban J connectivity index is 1.70. The molecule has 1 N–H and O–H groups in total. The van der Waals surface area contributed by atoms with Crippen LogP contribution in [0.4, 0.5) is 10.8 Å². The molecule has 0 amide bonds. The molecular weight excluding hydrogens is 324 g/mol. The molecule has 0 bridgehead atoms. The highest BCUT2D eigenvalue weighted by Gasteiger charge is 2.11. The van der Waals surface area contributed by atoms with Crippen molar-refractivity contribution < 1.29 is 14.3 Å². The molecule has 1 aromatic heterocycles. The first-order valence-corrected chi connectivity index (χ1v) is 8.29. The number of benzene rings is 2. The molecule has 3 aromatic rings. The van der Waals surface area contributed by atoms with Crippen molar-refractivity contribution in [1.29, 1.82) is 0 Å². The molecule has 0 fully saturated rings. The Morgan fingerprint density at radius 1 is 1.12 bits per heavy atom. The molecule has 1 heterocycles. The second kappa shape index (κ2) is 7.61. The maximum atomic E-state index is 11.7. The molecule has 0 saturated heterocycles. The van der Waals surface area contributed by atoms with Crippen LogP contribution in [0.3, 0.4) is 0 Å². The molecule has 0 atom stereocenters. The van der Waals surface area contributed by atoms with Crippen molar-refractivity contribution in [3.8, 4) is 11.5 Å². The number of esters is 1. The van der Waals surface area contributed by atoms with E-state index < -0.39 is 0 Å². The van der Waals surface area contributed by atoms with Crippen LogP contribution in [0.5, 0.6) is 11.5 Å². The molecule has 24 heavy (non-hydrogen) atoms. The number of anilines is 2. The lowest BCUT2D eigenvalue weighted by atomic mass is 10.3. The van der Waals surface area contributed by atoms with Gasteiger partial charge in [-0.3, -0.25) is 0 Å². The Morgan fingerprint density at radius 3 is 2.71 bits per heavy atom. The molecule has 3 rings (SSSR count). The molecule has 5 nitrogen and oxygen atoms in total. The molecule has 0 saturated carbocycles. The summed E-state index contributed by atoms with van der Waals surface area (Å²) in [5, 5.41) is 3.79. The molecule has 2 aromatic carbocycles. The highest BCUT2D eigenvalue weighted by molar-refractivity contribution is 7.17. The Kier molecular flexibility index (Phi) is 5.08. The van der Waals surface area contributed by atoms with Crippen molar-refractivity contribution in [2.75, 3.05) is 11.9 Å². The van der Waals surface area contributed by atoms with Crippen LogP contribution in [0.2, 0.25) is 0 Å². The Hall–Kier alpha value is -2.86. The first kappa shape index (κ1) is 16.0. The molecular formula is C18H16N2O3S. The van der Waals surface area contributed by atoms with E-state index in [2.05, 4.69) is 10.3 Å². The van der Waals surface area contributed by atoms with Crippen molar-refractivity contribution in [3.63, 3.8) is 0 Å². The van der Waals surface area contributed by atoms with Gasteiger partial charge in [-0.1, -0.05) is 35.6 Å². The number of ether oxygens (including phenoxy) is 2. The number of aromatic nitrogens is 1. The summed E-state index contributed by atoms with van der Waals surface area (Å²) in [5.74, 6) is 1.13. The van der Waals surface area contributed by atoms with Crippen LogP contribution < -0.4 is 10.1 Å². The number of thiazole rings is 1. The molecule has 0 radical (unpaired) electrons. The van der Waals surface area contributed by atoms with Gasteiger partial charge in [-0.2, -0.15) is 0 Å². The molecule has 0 aliphatic carbocycles. The van der Waals surface area contributed by atoms with E-state index in [0.29, 0.717) is 22.4 Å². The smallest absolute Gasteiger partial charge is 0.350 e. The van der Waals surface area contributed by atoms with Crippen LogP contribution in [-0.4, -0.2) is 17.6 Å². The average Bonchev–Trinajstić information content (AvgIpc) is 3.05. The molecule has 0 spiro atoms. The second-order valence-electron chi connectivity index (χ2n) is 4.82. The number of hydrogen-bond donors (Lipinski definition) is 1. The van der Waals surface area contributed by atoms with Gasteiger partial charge >= 0.3 is 5.97 Å². The zero-order valence-electron chi connectivity index (χ0n) is 13.1. The van der Waals surface area contributed by atoms with E-state index in [9.17, 15) is 4.79 Å². The number of carbonyl (C=O) groups is 1. The van der Waals surface area contributed by atoms with Crippen LogP contribution in [0.1, 0.15) is 16.6 Å². The molecule has 6 heteroatoms. The van der Waals surface area contributed by atoms with Crippen LogP contribution in [0.25, 0.3) is 0 Å². The van der Waals surface area contributed by atoms with E-state index in [1.165, 1.54) is 17.5 Å². The van der Waals surface area contributed by atoms with Crippen LogP contribution in [-0.2, 0) is 4.74 Å². The summed E-state index contributed by atoms with van der Waals surface area (Å²) in [6.45, 7) is 2.12.